The number of benzene rings is 2. The first-order chi connectivity index (χ1) is 7.43. The first-order valence-electron chi connectivity index (χ1n) is 5.61. The van der Waals surface area contributed by atoms with E-state index in [1.807, 2.05) is 0 Å². The molecule has 1 saturated carbocycles. The summed E-state index contributed by atoms with van der Waals surface area (Å²) in [7, 11) is 0. The van der Waals surface area contributed by atoms with Crippen molar-refractivity contribution < 1.29 is 0 Å². The van der Waals surface area contributed by atoms with Crippen LogP contribution in [0.3, 0.4) is 0 Å². The van der Waals surface area contributed by atoms with Crippen molar-refractivity contribution >= 4 is 16.8 Å². The lowest BCUT2D eigenvalue weighted by Crippen LogP contribution is -1.95. The van der Waals surface area contributed by atoms with Crippen molar-refractivity contribution in [2.24, 2.45) is 0 Å². The van der Waals surface area contributed by atoms with Crippen LogP contribution in [0, 0.1) is 0 Å². The zero-order valence-corrected chi connectivity index (χ0v) is 8.74. The van der Waals surface area contributed by atoms with Crippen LogP contribution in [0.25, 0.3) is 16.8 Å². The van der Waals surface area contributed by atoms with Gasteiger partial charge in [0.1, 0.15) is 0 Å². The lowest BCUT2D eigenvalue weighted by atomic mass is 9.90. The van der Waals surface area contributed by atoms with E-state index in [-0.39, 0.29) is 0 Å². The number of rotatable bonds is 1. The van der Waals surface area contributed by atoms with Gasteiger partial charge in [-0.15, -0.1) is 0 Å². The third-order valence-electron chi connectivity index (χ3n) is 3.18. The van der Waals surface area contributed by atoms with Gasteiger partial charge in [-0.3, -0.25) is 0 Å². The summed E-state index contributed by atoms with van der Waals surface area (Å²) >= 11 is 0. The van der Waals surface area contributed by atoms with Crippen molar-refractivity contribution in [1.82, 2.24) is 0 Å². The minimum atomic E-state index is 1.29. The van der Waals surface area contributed by atoms with Gasteiger partial charge in [0.25, 0.3) is 0 Å². The molecule has 1 fully saturated rings. The molecule has 0 radical (unpaired) electrons. The van der Waals surface area contributed by atoms with E-state index in [4.69, 9.17) is 0 Å². The molecule has 2 aromatic rings. The fraction of sp³-hybridized carbons (Fsp3) is 0.200. The maximum Gasteiger partial charge on any atom is -0.0111 e. The van der Waals surface area contributed by atoms with Gasteiger partial charge >= 0.3 is 0 Å². The van der Waals surface area contributed by atoms with E-state index in [0.717, 1.165) is 0 Å². The Morgan fingerprint density at radius 2 is 1.67 bits per heavy atom. The molecular formula is C15H14. The van der Waals surface area contributed by atoms with E-state index in [1.165, 1.54) is 35.6 Å². The predicted molar refractivity (Wildman–Crippen MR) is 65.8 cm³/mol. The Bertz CT molecular complexity index is 509. The molecule has 0 spiro atoms. The fourth-order valence-corrected chi connectivity index (χ4v) is 2.12. The van der Waals surface area contributed by atoms with E-state index < -0.39 is 0 Å². The van der Waals surface area contributed by atoms with Crippen molar-refractivity contribution in [3.8, 4) is 0 Å². The van der Waals surface area contributed by atoms with Crippen LogP contribution in [-0.4, -0.2) is 0 Å². The van der Waals surface area contributed by atoms with E-state index >= 15 is 0 Å². The van der Waals surface area contributed by atoms with Gasteiger partial charge in [0.15, 0.2) is 0 Å². The standard InChI is InChI=1S/C15H14/c1-2-10-15-13(7-1)8-4-9-14(15)11-12-5-3-6-12/h1-2,4,7-11H,3,5-6H2. The fourth-order valence-electron chi connectivity index (χ4n) is 2.12. The van der Waals surface area contributed by atoms with E-state index in [2.05, 4.69) is 48.5 Å². The summed E-state index contributed by atoms with van der Waals surface area (Å²) in [6, 6.07) is 15.1. The molecule has 1 aliphatic rings. The summed E-state index contributed by atoms with van der Waals surface area (Å²) in [4.78, 5) is 0. The van der Waals surface area contributed by atoms with Crippen LogP contribution in [0.4, 0.5) is 0 Å². The van der Waals surface area contributed by atoms with Gasteiger partial charge in [0.05, 0.1) is 0 Å². The first-order valence-corrected chi connectivity index (χ1v) is 5.61. The number of fused-ring (bicyclic) bond motifs is 1. The molecule has 0 heteroatoms. The highest BCUT2D eigenvalue weighted by molar-refractivity contribution is 5.90. The zero-order valence-electron chi connectivity index (χ0n) is 8.74. The second kappa shape index (κ2) is 3.54. The molecule has 0 aliphatic heterocycles. The molecule has 0 nitrogen and oxygen atoms in total. The Balaban J connectivity index is 2.17. The smallest absolute Gasteiger partial charge is 0.0111 e. The molecular weight excluding hydrogens is 180 g/mol. The summed E-state index contributed by atoms with van der Waals surface area (Å²) in [5, 5.41) is 2.71. The lowest BCUT2D eigenvalue weighted by molar-refractivity contribution is 0.670. The molecule has 15 heavy (non-hydrogen) atoms. The van der Waals surface area contributed by atoms with Crippen molar-refractivity contribution in [2.75, 3.05) is 0 Å². The summed E-state index contributed by atoms with van der Waals surface area (Å²) in [6.45, 7) is 0. The van der Waals surface area contributed by atoms with Crippen LogP contribution in [0.5, 0.6) is 0 Å². The van der Waals surface area contributed by atoms with Crippen LogP contribution in [-0.2, 0) is 0 Å². The molecule has 0 heterocycles. The molecule has 1 aliphatic carbocycles. The molecule has 74 valence electrons. The van der Waals surface area contributed by atoms with Crippen molar-refractivity contribution in [3.63, 3.8) is 0 Å². The van der Waals surface area contributed by atoms with E-state index in [1.54, 1.807) is 5.57 Å². The number of allylic oxidation sites excluding steroid dienone is 1. The largest absolute Gasteiger partial charge is 0.0696 e. The Kier molecular flexibility index (Phi) is 2.06. The van der Waals surface area contributed by atoms with Crippen molar-refractivity contribution in [2.45, 2.75) is 19.3 Å². The van der Waals surface area contributed by atoms with Gasteiger partial charge in [-0.25, -0.2) is 0 Å². The minimum absolute atomic E-state index is 1.29. The molecule has 0 bridgehead atoms. The summed E-state index contributed by atoms with van der Waals surface area (Å²) < 4.78 is 0. The average Bonchev–Trinajstić information content (AvgIpc) is 2.23. The highest BCUT2D eigenvalue weighted by Crippen LogP contribution is 2.29. The first kappa shape index (κ1) is 8.72. The Morgan fingerprint density at radius 3 is 2.47 bits per heavy atom. The molecule has 0 N–H and O–H groups in total. The van der Waals surface area contributed by atoms with Gasteiger partial charge < -0.3 is 0 Å². The van der Waals surface area contributed by atoms with Crippen LogP contribution in [0.15, 0.2) is 48.0 Å². The topological polar surface area (TPSA) is 0 Å². The normalized spacial score (nSPS) is 15.1. The summed E-state index contributed by atoms with van der Waals surface area (Å²) in [6.07, 6.45) is 6.33. The van der Waals surface area contributed by atoms with E-state index in [9.17, 15) is 0 Å². The van der Waals surface area contributed by atoms with E-state index in [0.29, 0.717) is 0 Å². The maximum absolute atomic E-state index is 2.37. The summed E-state index contributed by atoms with van der Waals surface area (Å²) in [5.41, 5.74) is 2.98. The maximum atomic E-state index is 2.37. The SMILES string of the molecule is C(=C1CCC1)c1cccc2ccccc12. The van der Waals surface area contributed by atoms with Gasteiger partial charge in [-0.2, -0.15) is 0 Å². The van der Waals surface area contributed by atoms with Crippen LogP contribution in [0.1, 0.15) is 24.8 Å². The Hall–Kier alpha value is -1.56. The Labute approximate surface area is 90.2 Å². The van der Waals surface area contributed by atoms with Gasteiger partial charge in [-0.1, -0.05) is 54.1 Å². The molecule has 0 unspecified atom stereocenters. The zero-order chi connectivity index (χ0) is 10.1. The highest BCUT2D eigenvalue weighted by atomic mass is 14.1. The average molecular weight is 194 g/mol. The second-order valence-corrected chi connectivity index (χ2v) is 4.22. The molecule has 2 aromatic carbocycles. The van der Waals surface area contributed by atoms with Crippen LogP contribution >= 0.6 is 0 Å². The van der Waals surface area contributed by atoms with Crippen molar-refractivity contribution in [3.05, 3.63) is 53.6 Å². The number of hydrogen-bond donors (Lipinski definition) is 0. The second-order valence-electron chi connectivity index (χ2n) is 4.22. The van der Waals surface area contributed by atoms with Gasteiger partial charge in [0, 0.05) is 0 Å². The molecule has 0 amide bonds. The number of hydrogen-bond acceptors (Lipinski definition) is 0. The monoisotopic (exact) mass is 194 g/mol. The summed E-state index contributed by atoms with van der Waals surface area (Å²) in [5.74, 6) is 0. The molecule has 0 atom stereocenters. The van der Waals surface area contributed by atoms with Crippen molar-refractivity contribution in [1.29, 1.82) is 0 Å². The quantitative estimate of drug-likeness (QED) is 0.631. The lowest BCUT2D eigenvalue weighted by Gasteiger charge is -2.16. The highest BCUT2D eigenvalue weighted by Gasteiger charge is 2.08. The molecule has 0 aromatic heterocycles. The van der Waals surface area contributed by atoms with Crippen LogP contribution < -0.4 is 0 Å². The predicted octanol–water partition coefficient (Wildman–Crippen LogP) is 4.41. The van der Waals surface area contributed by atoms with Crippen LogP contribution in [0.2, 0.25) is 0 Å². The molecule has 0 saturated heterocycles. The van der Waals surface area contributed by atoms with Gasteiger partial charge in [-0.05, 0) is 35.6 Å². The third kappa shape index (κ3) is 1.56. The molecule has 3 rings (SSSR count). The Morgan fingerprint density at radius 1 is 0.867 bits per heavy atom. The minimum Gasteiger partial charge on any atom is -0.0696 e. The van der Waals surface area contributed by atoms with Gasteiger partial charge in [0.2, 0.25) is 0 Å². The third-order valence-corrected chi connectivity index (χ3v) is 3.18.